The Morgan fingerprint density at radius 2 is 2.00 bits per heavy atom. The lowest BCUT2D eigenvalue weighted by molar-refractivity contribution is -0.129. The van der Waals surface area contributed by atoms with Gasteiger partial charge in [-0.15, -0.1) is 0 Å². The molecule has 0 N–H and O–H groups in total. The Kier molecular flexibility index (Phi) is 4.14. The normalized spacial score (nSPS) is 15.9. The Morgan fingerprint density at radius 3 is 2.59 bits per heavy atom. The van der Waals surface area contributed by atoms with Crippen LogP contribution < -0.4 is 0 Å². The number of rotatable bonds is 5. The lowest BCUT2D eigenvalue weighted by atomic mass is 10.1. The Morgan fingerprint density at radius 1 is 1.27 bits per heavy atom. The van der Waals surface area contributed by atoms with Gasteiger partial charge in [-0.3, -0.25) is 4.79 Å². The van der Waals surface area contributed by atoms with Gasteiger partial charge in [0.2, 0.25) is 5.91 Å². The summed E-state index contributed by atoms with van der Waals surface area (Å²) in [6.07, 6.45) is 7.36. The van der Waals surface area contributed by atoms with Crippen molar-refractivity contribution in [2.45, 2.75) is 38.8 Å². The van der Waals surface area contributed by atoms with Crippen molar-refractivity contribution in [1.29, 1.82) is 0 Å². The highest BCUT2D eigenvalue weighted by atomic mass is 16.3. The van der Waals surface area contributed by atoms with Crippen LogP contribution in [0.1, 0.15) is 42.7 Å². The summed E-state index contributed by atoms with van der Waals surface area (Å²) in [6, 6.07) is 12.3. The third kappa shape index (κ3) is 3.30. The van der Waals surface area contributed by atoms with Crippen molar-refractivity contribution in [2.24, 2.45) is 0 Å². The van der Waals surface area contributed by atoms with Crippen LogP contribution >= 0.6 is 0 Å². The minimum Gasteiger partial charge on any atom is -0.467 e. The van der Waals surface area contributed by atoms with Gasteiger partial charge in [0.1, 0.15) is 5.76 Å². The third-order valence-electron chi connectivity index (χ3n) is 4.06. The van der Waals surface area contributed by atoms with Crippen LogP contribution in [0, 0.1) is 6.92 Å². The van der Waals surface area contributed by atoms with Crippen molar-refractivity contribution in [2.75, 3.05) is 0 Å². The molecule has 1 saturated carbocycles. The molecule has 0 aliphatic heterocycles. The monoisotopic (exact) mass is 295 g/mol. The first kappa shape index (κ1) is 14.6. The van der Waals surface area contributed by atoms with Crippen molar-refractivity contribution in [3.05, 3.63) is 65.6 Å². The fraction of sp³-hybridized carbons (Fsp3) is 0.316. The zero-order valence-corrected chi connectivity index (χ0v) is 13.0. The number of furan rings is 1. The van der Waals surface area contributed by atoms with Crippen LogP contribution in [-0.2, 0) is 4.79 Å². The Hall–Kier alpha value is -2.29. The fourth-order valence-corrected chi connectivity index (χ4v) is 2.64. The number of amides is 1. The van der Waals surface area contributed by atoms with Gasteiger partial charge in [0.15, 0.2) is 0 Å². The predicted molar refractivity (Wildman–Crippen MR) is 87.2 cm³/mol. The van der Waals surface area contributed by atoms with E-state index in [1.165, 1.54) is 5.56 Å². The van der Waals surface area contributed by atoms with E-state index >= 15 is 0 Å². The maximum atomic E-state index is 12.6. The first-order valence-electron chi connectivity index (χ1n) is 7.75. The predicted octanol–water partition coefficient (Wildman–Crippen LogP) is 4.35. The lowest BCUT2D eigenvalue weighted by Gasteiger charge is -2.26. The van der Waals surface area contributed by atoms with Crippen LogP contribution in [-0.4, -0.2) is 16.8 Å². The van der Waals surface area contributed by atoms with Crippen LogP contribution in [0.4, 0.5) is 0 Å². The highest BCUT2D eigenvalue weighted by molar-refractivity contribution is 5.92. The molecule has 1 aromatic heterocycles. The number of carbonyl (C=O) groups excluding carboxylic acids is 1. The van der Waals surface area contributed by atoms with Crippen LogP contribution in [0.5, 0.6) is 0 Å². The molecule has 1 unspecified atom stereocenters. The van der Waals surface area contributed by atoms with Crippen LogP contribution in [0.25, 0.3) is 6.08 Å². The summed E-state index contributed by atoms with van der Waals surface area (Å²) in [5.41, 5.74) is 2.26. The molecule has 0 saturated heterocycles. The van der Waals surface area contributed by atoms with Crippen molar-refractivity contribution < 1.29 is 9.21 Å². The third-order valence-corrected chi connectivity index (χ3v) is 4.06. The highest BCUT2D eigenvalue weighted by Crippen LogP contribution is 2.34. The number of hydrogen-bond donors (Lipinski definition) is 0. The molecule has 1 fully saturated rings. The average Bonchev–Trinajstić information content (AvgIpc) is 3.18. The van der Waals surface area contributed by atoms with Gasteiger partial charge in [-0.2, -0.15) is 0 Å². The molecular formula is C19H21NO2. The topological polar surface area (TPSA) is 33.5 Å². The first-order chi connectivity index (χ1) is 10.6. The summed E-state index contributed by atoms with van der Waals surface area (Å²) in [4.78, 5) is 14.5. The molecule has 3 nitrogen and oxygen atoms in total. The maximum absolute atomic E-state index is 12.6. The summed E-state index contributed by atoms with van der Waals surface area (Å²) in [7, 11) is 0. The van der Waals surface area contributed by atoms with Gasteiger partial charge >= 0.3 is 0 Å². The van der Waals surface area contributed by atoms with Crippen molar-refractivity contribution in [3.8, 4) is 0 Å². The van der Waals surface area contributed by atoms with E-state index in [2.05, 4.69) is 6.92 Å². The number of hydrogen-bond acceptors (Lipinski definition) is 2. The number of benzene rings is 1. The van der Waals surface area contributed by atoms with E-state index in [-0.39, 0.29) is 11.9 Å². The van der Waals surface area contributed by atoms with Crippen LogP contribution in [0.15, 0.2) is 53.2 Å². The van der Waals surface area contributed by atoms with Gasteiger partial charge in [-0.1, -0.05) is 29.8 Å². The molecule has 1 atom stereocenters. The molecule has 2 aromatic rings. The second-order valence-electron chi connectivity index (χ2n) is 5.91. The summed E-state index contributed by atoms with van der Waals surface area (Å²) >= 11 is 0. The number of carbonyl (C=O) groups is 1. The average molecular weight is 295 g/mol. The van der Waals surface area contributed by atoms with E-state index in [1.54, 1.807) is 12.3 Å². The Labute approximate surface area is 131 Å². The second-order valence-corrected chi connectivity index (χ2v) is 5.91. The zero-order chi connectivity index (χ0) is 15.5. The SMILES string of the molecule is Cc1ccc(C=CC(=O)N(C2CC2)C(C)c2ccco2)cc1. The van der Waals surface area contributed by atoms with Gasteiger partial charge in [0.05, 0.1) is 12.3 Å². The molecule has 22 heavy (non-hydrogen) atoms. The molecule has 3 rings (SSSR count). The molecule has 0 radical (unpaired) electrons. The van der Waals surface area contributed by atoms with Gasteiger partial charge in [-0.25, -0.2) is 0 Å². The largest absolute Gasteiger partial charge is 0.467 e. The molecule has 1 aliphatic rings. The summed E-state index contributed by atoms with van der Waals surface area (Å²) in [6.45, 7) is 4.08. The molecule has 3 heteroatoms. The molecule has 0 spiro atoms. The van der Waals surface area contributed by atoms with E-state index < -0.39 is 0 Å². The minimum atomic E-state index is -0.0299. The van der Waals surface area contributed by atoms with E-state index in [9.17, 15) is 4.79 Å². The molecule has 1 amide bonds. The van der Waals surface area contributed by atoms with Gasteiger partial charge in [-0.05, 0) is 50.5 Å². The minimum absolute atomic E-state index is 0.0299. The zero-order valence-electron chi connectivity index (χ0n) is 13.0. The second kappa shape index (κ2) is 6.22. The maximum Gasteiger partial charge on any atom is 0.247 e. The number of nitrogens with zero attached hydrogens (tertiary/aromatic N) is 1. The van der Waals surface area contributed by atoms with E-state index in [4.69, 9.17) is 4.42 Å². The van der Waals surface area contributed by atoms with Crippen molar-refractivity contribution in [3.63, 3.8) is 0 Å². The summed E-state index contributed by atoms with van der Waals surface area (Å²) < 4.78 is 5.46. The summed E-state index contributed by atoms with van der Waals surface area (Å²) in [5.74, 6) is 0.885. The molecule has 1 aromatic carbocycles. The smallest absolute Gasteiger partial charge is 0.247 e. The highest BCUT2D eigenvalue weighted by Gasteiger charge is 2.36. The molecule has 0 bridgehead atoms. The van der Waals surface area contributed by atoms with Gasteiger partial charge < -0.3 is 9.32 Å². The standard InChI is InChI=1S/C19H21NO2/c1-14-5-7-16(8-6-14)9-12-19(21)20(17-10-11-17)15(2)18-4-3-13-22-18/h3-9,12-13,15,17H,10-11H2,1-2H3. The summed E-state index contributed by atoms with van der Waals surface area (Å²) in [5, 5.41) is 0. The first-order valence-corrected chi connectivity index (χ1v) is 7.75. The van der Waals surface area contributed by atoms with Crippen molar-refractivity contribution in [1.82, 2.24) is 4.90 Å². The molecular weight excluding hydrogens is 274 g/mol. The van der Waals surface area contributed by atoms with Gasteiger partial charge in [0, 0.05) is 12.1 Å². The number of aryl methyl sites for hydroxylation is 1. The Balaban J connectivity index is 1.74. The lowest BCUT2D eigenvalue weighted by Crippen LogP contribution is -2.34. The van der Waals surface area contributed by atoms with Crippen LogP contribution in [0.3, 0.4) is 0 Å². The van der Waals surface area contributed by atoms with E-state index in [0.717, 1.165) is 24.2 Å². The fourth-order valence-electron chi connectivity index (χ4n) is 2.64. The Bertz CT molecular complexity index is 651. The van der Waals surface area contributed by atoms with Crippen molar-refractivity contribution >= 4 is 12.0 Å². The van der Waals surface area contributed by atoms with Crippen LogP contribution in [0.2, 0.25) is 0 Å². The molecule has 1 heterocycles. The molecule has 114 valence electrons. The quantitative estimate of drug-likeness (QED) is 0.768. The molecule has 1 aliphatic carbocycles. The van der Waals surface area contributed by atoms with Gasteiger partial charge in [0.25, 0.3) is 0 Å². The van der Waals surface area contributed by atoms with E-state index in [0.29, 0.717) is 6.04 Å². The van der Waals surface area contributed by atoms with E-state index in [1.807, 2.05) is 54.3 Å².